The number of carbonyl (C=O) groups is 1. The van der Waals surface area contributed by atoms with E-state index in [-0.39, 0.29) is 12.0 Å². The van der Waals surface area contributed by atoms with Crippen LogP contribution in [0.2, 0.25) is 0 Å². The van der Waals surface area contributed by atoms with Gasteiger partial charge in [0, 0.05) is 18.0 Å². The number of nitrogens with zero attached hydrogens (tertiary/aromatic N) is 2. The Morgan fingerprint density at radius 3 is 2.94 bits per heavy atom. The van der Waals surface area contributed by atoms with E-state index in [0.717, 1.165) is 11.7 Å². The first-order chi connectivity index (χ1) is 8.02. The van der Waals surface area contributed by atoms with Gasteiger partial charge in [0.05, 0.1) is 6.61 Å². The summed E-state index contributed by atoms with van der Waals surface area (Å²) in [5, 5.41) is 5.71. The summed E-state index contributed by atoms with van der Waals surface area (Å²) in [5.41, 5.74) is 0.372. The van der Waals surface area contributed by atoms with Crippen molar-refractivity contribution in [3.05, 3.63) is 11.1 Å². The number of esters is 1. The second-order valence-corrected chi connectivity index (χ2v) is 4.92. The van der Waals surface area contributed by atoms with E-state index in [1.165, 1.54) is 11.3 Å². The van der Waals surface area contributed by atoms with Crippen LogP contribution in [0, 0.1) is 0 Å². The van der Waals surface area contributed by atoms with E-state index in [4.69, 9.17) is 4.74 Å². The third kappa shape index (κ3) is 4.70. The summed E-state index contributed by atoms with van der Waals surface area (Å²) >= 11 is 1.42. The van der Waals surface area contributed by atoms with E-state index in [2.05, 4.69) is 22.1 Å². The molecule has 1 N–H and O–H groups in total. The maximum atomic E-state index is 11.4. The second-order valence-electron chi connectivity index (χ2n) is 4.07. The van der Waals surface area contributed by atoms with Crippen LogP contribution < -0.4 is 5.32 Å². The zero-order valence-corrected chi connectivity index (χ0v) is 11.5. The largest absolute Gasteiger partial charge is 0.461 e. The predicted molar refractivity (Wildman–Crippen MR) is 69.7 cm³/mol. The first-order valence-electron chi connectivity index (χ1n) is 5.56. The summed E-state index contributed by atoms with van der Waals surface area (Å²) in [4.78, 5) is 17.7. The van der Waals surface area contributed by atoms with E-state index in [9.17, 15) is 4.79 Å². The molecule has 1 unspecified atom stereocenters. The van der Waals surface area contributed by atoms with Crippen molar-refractivity contribution in [2.24, 2.45) is 0 Å². The highest BCUT2D eigenvalue weighted by molar-refractivity contribution is 7.13. The molecule has 17 heavy (non-hydrogen) atoms. The van der Waals surface area contributed by atoms with Crippen molar-refractivity contribution < 1.29 is 9.53 Å². The fourth-order valence-corrected chi connectivity index (χ4v) is 2.24. The first-order valence-corrected chi connectivity index (χ1v) is 6.44. The Morgan fingerprint density at radius 2 is 2.35 bits per heavy atom. The number of thiazole rings is 1. The number of hydrogen-bond donors (Lipinski definition) is 1. The highest BCUT2D eigenvalue weighted by Crippen LogP contribution is 2.17. The molecule has 0 bridgehead atoms. The van der Waals surface area contributed by atoms with Crippen molar-refractivity contribution in [2.75, 3.05) is 32.6 Å². The lowest BCUT2D eigenvalue weighted by Crippen LogP contribution is -2.29. The van der Waals surface area contributed by atoms with Crippen LogP contribution in [0.15, 0.2) is 5.38 Å². The fourth-order valence-electron chi connectivity index (χ4n) is 1.44. The van der Waals surface area contributed by atoms with E-state index in [0.29, 0.717) is 12.3 Å². The van der Waals surface area contributed by atoms with Crippen molar-refractivity contribution in [2.45, 2.75) is 19.9 Å². The average molecular weight is 257 g/mol. The van der Waals surface area contributed by atoms with Gasteiger partial charge in [0.2, 0.25) is 0 Å². The third-order valence-electron chi connectivity index (χ3n) is 2.00. The molecule has 0 aliphatic carbocycles. The van der Waals surface area contributed by atoms with Gasteiger partial charge in [0.15, 0.2) is 10.8 Å². The lowest BCUT2D eigenvalue weighted by molar-refractivity contribution is 0.0520. The Labute approximate surface area is 106 Å². The zero-order valence-electron chi connectivity index (χ0n) is 10.7. The van der Waals surface area contributed by atoms with Crippen LogP contribution in [0.5, 0.6) is 0 Å². The van der Waals surface area contributed by atoms with Gasteiger partial charge >= 0.3 is 5.97 Å². The van der Waals surface area contributed by atoms with Gasteiger partial charge in [0.25, 0.3) is 0 Å². The quantitative estimate of drug-likeness (QED) is 0.786. The number of nitrogens with one attached hydrogen (secondary N) is 1. The molecule has 0 amide bonds. The minimum atomic E-state index is -0.364. The Kier molecular flexibility index (Phi) is 5.37. The van der Waals surface area contributed by atoms with Crippen LogP contribution in [-0.4, -0.2) is 49.1 Å². The van der Waals surface area contributed by atoms with E-state index < -0.39 is 0 Å². The molecule has 0 aromatic carbocycles. The summed E-state index contributed by atoms with van der Waals surface area (Å²) in [6, 6.07) is 0.284. The van der Waals surface area contributed by atoms with E-state index in [1.54, 1.807) is 12.3 Å². The second kappa shape index (κ2) is 6.56. The molecule has 0 saturated carbocycles. The van der Waals surface area contributed by atoms with Crippen LogP contribution in [0.1, 0.15) is 24.3 Å². The van der Waals surface area contributed by atoms with Gasteiger partial charge in [-0.1, -0.05) is 0 Å². The smallest absolute Gasteiger partial charge is 0.357 e. The van der Waals surface area contributed by atoms with Crippen LogP contribution in [-0.2, 0) is 4.74 Å². The molecule has 1 rings (SSSR count). The van der Waals surface area contributed by atoms with Gasteiger partial charge in [-0.2, -0.15) is 0 Å². The number of aromatic nitrogens is 1. The minimum Gasteiger partial charge on any atom is -0.461 e. The topological polar surface area (TPSA) is 54.5 Å². The van der Waals surface area contributed by atoms with Crippen molar-refractivity contribution in [3.63, 3.8) is 0 Å². The highest BCUT2D eigenvalue weighted by atomic mass is 32.1. The Morgan fingerprint density at radius 1 is 1.65 bits per heavy atom. The number of hydrogen-bond acceptors (Lipinski definition) is 6. The molecule has 5 nitrogen and oxygen atoms in total. The summed E-state index contributed by atoms with van der Waals surface area (Å²) in [5.74, 6) is -0.364. The molecule has 6 heteroatoms. The molecular weight excluding hydrogens is 238 g/mol. The molecule has 0 spiro atoms. The first kappa shape index (κ1) is 13.9. The summed E-state index contributed by atoms with van der Waals surface area (Å²) in [6.45, 7) is 5.14. The van der Waals surface area contributed by atoms with Crippen LogP contribution >= 0.6 is 11.3 Å². The molecule has 1 heterocycles. The number of ether oxygens (including phenoxy) is 1. The summed E-state index contributed by atoms with van der Waals surface area (Å²) in [7, 11) is 4.04. The molecular formula is C11H19N3O2S. The summed E-state index contributed by atoms with van der Waals surface area (Å²) < 4.78 is 4.88. The van der Waals surface area contributed by atoms with Gasteiger partial charge in [-0.3, -0.25) is 0 Å². The maximum absolute atomic E-state index is 11.4. The molecule has 0 aliphatic heterocycles. The van der Waals surface area contributed by atoms with Gasteiger partial charge in [0.1, 0.15) is 0 Å². The number of rotatable bonds is 6. The monoisotopic (exact) mass is 257 g/mol. The van der Waals surface area contributed by atoms with Crippen molar-refractivity contribution in [1.82, 2.24) is 9.88 Å². The Bertz CT molecular complexity index is 365. The molecule has 0 radical (unpaired) electrons. The van der Waals surface area contributed by atoms with Gasteiger partial charge in [-0.25, -0.2) is 9.78 Å². The third-order valence-corrected chi connectivity index (χ3v) is 2.77. The number of anilines is 1. The average Bonchev–Trinajstić information content (AvgIpc) is 2.65. The standard InChI is InChI=1S/C11H19N3O2S/c1-5-16-10(15)9-7-17-11(13-9)12-8(2)6-14(3)4/h7-8H,5-6H2,1-4H3,(H,12,13). The lowest BCUT2D eigenvalue weighted by atomic mass is 10.3. The normalized spacial score (nSPS) is 12.5. The van der Waals surface area contributed by atoms with Crippen molar-refractivity contribution in [1.29, 1.82) is 0 Å². The lowest BCUT2D eigenvalue weighted by Gasteiger charge is -2.17. The van der Waals surface area contributed by atoms with Crippen LogP contribution in [0.3, 0.4) is 0 Å². The van der Waals surface area contributed by atoms with Gasteiger partial charge in [-0.15, -0.1) is 11.3 Å². The molecule has 1 aromatic heterocycles. The predicted octanol–water partition coefficient (Wildman–Crippen LogP) is 1.68. The van der Waals surface area contributed by atoms with Gasteiger partial charge < -0.3 is 15.0 Å². The highest BCUT2D eigenvalue weighted by Gasteiger charge is 2.12. The Balaban J connectivity index is 2.53. The molecule has 1 aromatic rings. The number of carbonyl (C=O) groups excluding carboxylic acids is 1. The Hall–Kier alpha value is -1.14. The molecule has 96 valence electrons. The fraction of sp³-hybridized carbons (Fsp3) is 0.636. The van der Waals surface area contributed by atoms with Crippen molar-refractivity contribution in [3.8, 4) is 0 Å². The minimum absolute atomic E-state index is 0.284. The van der Waals surface area contributed by atoms with E-state index >= 15 is 0 Å². The SMILES string of the molecule is CCOC(=O)c1csc(NC(C)CN(C)C)n1. The molecule has 0 fully saturated rings. The zero-order chi connectivity index (χ0) is 12.8. The summed E-state index contributed by atoms with van der Waals surface area (Å²) in [6.07, 6.45) is 0. The van der Waals surface area contributed by atoms with Crippen molar-refractivity contribution >= 4 is 22.4 Å². The maximum Gasteiger partial charge on any atom is 0.357 e. The molecule has 0 aliphatic rings. The molecule has 0 saturated heterocycles. The van der Waals surface area contributed by atoms with Crippen LogP contribution in [0.25, 0.3) is 0 Å². The van der Waals surface area contributed by atoms with Gasteiger partial charge in [-0.05, 0) is 27.9 Å². The number of likely N-dealkylation sites (N-methyl/N-ethyl adjacent to an activating group) is 1. The van der Waals surface area contributed by atoms with E-state index in [1.807, 2.05) is 14.1 Å². The van der Waals surface area contributed by atoms with Crippen LogP contribution in [0.4, 0.5) is 5.13 Å². The molecule has 1 atom stereocenters.